The van der Waals surface area contributed by atoms with Gasteiger partial charge in [-0.2, -0.15) is 0 Å². The molecule has 2 aliphatic rings. The maximum absolute atomic E-state index is 11.5. The minimum absolute atomic E-state index is 0.175. The number of piperidine rings is 1. The van der Waals surface area contributed by atoms with Crippen LogP contribution >= 0.6 is 23.2 Å². The van der Waals surface area contributed by atoms with E-state index in [1.54, 1.807) is 12.1 Å². The molecule has 0 spiro atoms. The van der Waals surface area contributed by atoms with E-state index >= 15 is 0 Å². The van der Waals surface area contributed by atoms with Gasteiger partial charge in [0.05, 0.1) is 15.3 Å². The first kappa shape index (κ1) is 19.2. The van der Waals surface area contributed by atoms with Gasteiger partial charge in [-0.1, -0.05) is 23.2 Å². The van der Waals surface area contributed by atoms with Crippen molar-refractivity contribution in [2.45, 2.75) is 55.9 Å². The molecule has 8 heteroatoms. The monoisotopic (exact) mass is 406 g/mol. The Balaban J connectivity index is 1.47. The van der Waals surface area contributed by atoms with Crippen LogP contribution in [0.1, 0.15) is 38.5 Å². The van der Waals surface area contributed by atoms with Gasteiger partial charge in [0.15, 0.2) is 0 Å². The predicted octanol–water partition coefficient (Wildman–Crippen LogP) is 3.44. The lowest BCUT2D eigenvalue weighted by Gasteiger charge is -2.40. The molecule has 0 atom stereocenters. The van der Waals surface area contributed by atoms with Crippen molar-refractivity contribution in [2.75, 3.05) is 13.1 Å². The largest absolute Gasteiger partial charge is 0.490 e. The van der Waals surface area contributed by atoms with Crippen LogP contribution in [0.25, 0.3) is 0 Å². The standard InChI is InChI=1S/C17H24Cl2N2O3S/c18-16-6-3-14(11-17(16)19)24-13-7-9-21(10-8-13)12-1-4-15(5-2-12)25(20,22)23/h3,6,11-13,15H,1-2,4-5,7-10H2,(H2,20,22,23). The zero-order valence-electron chi connectivity index (χ0n) is 14.0. The van der Waals surface area contributed by atoms with Gasteiger partial charge in [-0.05, 0) is 50.7 Å². The van der Waals surface area contributed by atoms with Crippen LogP contribution in [0.3, 0.4) is 0 Å². The van der Waals surface area contributed by atoms with Crippen LogP contribution in [0.4, 0.5) is 0 Å². The molecule has 0 unspecified atom stereocenters. The molecule has 1 heterocycles. The van der Waals surface area contributed by atoms with Crippen molar-refractivity contribution < 1.29 is 13.2 Å². The number of benzene rings is 1. The van der Waals surface area contributed by atoms with Gasteiger partial charge in [0.1, 0.15) is 11.9 Å². The number of nitrogens with two attached hydrogens (primary N) is 1. The minimum atomic E-state index is -3.39. The molecular formula is C17H24Cl2N2O3S. The average Bonchev–Trinajstić information content (AvgIpc) is 2.58. The zero-order valence-corrected chi connectivity index (χ0v) is 16.4. The van der Waals surface area contributed by atoms with Crippen molar-refractivity contribution in [3.8, 4) is 5.75 Å². The van der Waals surface area contributed by atoms with Crippen LogP contribution in [0.5, 0.6) is 5.75 Å². The topological polar surface area (TPSA) is 72.6 Å². The molecule has 1 saturated carbocycles. The van der Waals surface area contributed by atoms with Gasteiger partial charge in [0.2, 0.25) is 10.0 Å². The lowest BCUT2D eigenvalue weighted by Crippen LogP contribution is -2.47. The highest BCUT2D eigenvalue weighted by atomic mass is 35.5. The molecule has 0 radical (unpaired) electrons. The van der Waals surface area contributed by atoms with Gasteiger partial charge in [0, 0.05) is 25.2 Å². The molecule has 25 heavy (non-hydrogen) atoms. The molecule has 1 aliphatic carbocycles. The van der Waals surface area contributed by atoms with E-state index in [2.05, 4.69) is 4.90 Å². The summed E-state index contributed by atoms with van der Waals surface area (Å²) >= 11 is 12.0. The Kier molecular flexibility index (Phi) is 6.16. The Morgan fingerprint density at radius 2 is 1.64 bits per heavy atom. The van der Waals surface area contributed by atoms with E-state index < -0.39 is 10.0 Å². The van der Waals surface area contributed by atoms with E-state index in [4.69, 9.17) is 33.1 Å². The fraction of sp³-hybridized carbons (Fsp3) is 0.647. The summed E-state index contributed by atoms with van der Waals surface area (Å²) < 4.78 is 28.9. The summed E-state index contributed by atoms with van der Waals surface area (Å²) in [6, 6.07) is 5.81. The molecule has 5 nitrogen and oxygen atoms in total. The SMILES string of the molecule is NS(=O)(=O)C1CCC(N2CCC(Oc3ccc(Cl)c(Cl)c3)CC2)CC1. The molecule has 1 aromatic rings. The molecule has 0 amide bonds. The second-order valence-electron chi connectivity index (χ2n) is 6.95. The smallest absolute Gasteiger partial charge is 0.211 e. The van der Waals surface area contributed by atoms with Crippen molar-refractivity contribution in [1.82, 2.24) is 4.90 Å². The van der Waals surface area contributed by atoms with E-state index in [1.165, 1.54) is 0 Å². The number of halogens is 2. The summed E-state index contributed by atoms with van der Waals surface area (Å²) in [5, 5.41) is 5.94. The molecule has 3 rings (SSSR count). The van der Waals surface area contributed by atoms with E-state index in [9.17, 15) is 8.42 Å². The number of sulfonamides is 1. The molecule has 1 saturated heterocycles. The molecule has 1 aromatic carbocycles. The fourth-order valence-corrected chi connectivity index (χ4v) is 5.06. The lowest BCUT2D eigenvalue weighted by molar-refractivity contribution is 0.0634. The van der Waals surface area contributed by atoms with Crippen LogP contribution in [0, 0.1) is 0 Å². The first-order valence-corrected chi connectivity index (χ1v) is 11.1. The lowest BCUT2D eigenvalue weighted by atomic mass is 9.92. The van der Waals surface area contributed by atoms with Crippen molar-refractivity contribution in [3.63, 3.8) is 0 Å². The van der Waals surface area contributed by atoms with Gasteiger partial charge < -0.3 is 9.64 Å². The van der Waals surface area contributed by atoms with Crippen molar-refractivity contribution in [2.24, 2.45) is 5.14 Å². The number of likely N-dealkylation sites (tertiary alicyclic amines) is 1. The third kappa shape index (κ3) is 5.01. The number of hydrogen-bond donors (Lipinski definition) is 1. The Bertz CT molecular complexity index is 698. The number of rotatable bonds is 4. The Morgan fingerprint density at radius 1 is 1.00 bits per heavy atom. The van der Waals surface area contributed by atoms with Gasteiger partial charge >= 0.3 is 0 Å². The minimum Gasteiger partial charge on any atom is -0.490 e. The van der Waals surface area contributed by atoms with Crippen molar-refractivity contribution in [3.05, 3.63) is 28.2 Å². The summed E-state index contributed by atoms with van der Waals surface area (Å²) in [6.07, 6.45) is 5.23. The third-order valence-electron chi connectivity index (χ3n) is 5.30. The van der Waals surface area contributed by atoms with Gasteiger partial charge in [-0.15, -0.1) is 0 Å². The van der Waals surface area contributed by atoms with Crippen LogP contribution < -0.4 is 9.88 Å². The van der Waals surface area contributed by atoms with Crippen LogP contribution in [-0.4, -0.2) is 43.8 Å². The van der Waals surface area contributed by atoms with Gasteiger partial charge in [-0.25, -0.2) is 13.6 Å². The van der Waals surface area contributed by atoms with Gasteiger partial charge in [0.25, 0.3) is 0 Å². The average molecular weight is 407 g/mol. The normalized spacial score (nSPS) is 26.5. The quantitative estimate of drug-likeness (QED) is 0.830. The van der Waals surface area contributed by atoms with E-state index in [1.807, 2.05) is 6.07 Å². The molecule has 2 N–H and O–H groups in total. The number of ether oxygens (including phenoxy) is 1. The van der Waals surface area contributed by atoms with Crippen molar-refractivity contribution in [1.29, 1.82) is 0 Å². The van der Waals surface area contributed by atoms with Crippen LogP contribution in [-0.2, 0) is 10.0 Å². The maximum Gasteiger partial charge on any atom is 0.211 e. The van der Waals surface area contributed by atoms with Crippen LogP contribution in [0.2, 0.25) is 10.0 Å². The molecule has 1 aliphatic heterocycles. The Hall–Kier alpha value is -0.530. The summed E-state index contributed by atoms with van der Waals surface area (Å²) in [5.74, 6) is 0.751. The molecule has 0 bridgehead atoms. The van der Waals surface area contributed by atoms with E-state index in [0.29, 0.717) is 28.9 Å². The fourth-order valence-electron chi connectivity index (χ4n) is 3.84. The van der Waals surface area contributed by atoms with Crippen LogP contribution in [0.15, 0.2) is 18.2 Å². The van der Waals surface area contributed by atoms with E-state index in [-0.39, 0.29) is 11.4 Å². The summed E-state index contributed by atoms with van der Waals surface area (Å²) in [7, 11) is -3.39. The number of hydrogen-bond acceptors (Lipinski definition) is 4. The molecule has 0 aromatic heterocycles. The highest BCUT2D eigenvalue weighted by molar-refractivity contribution is 7.89. The molecular weight excluding hydrogens is 383 g/mol. The Labute approximate surface area is 159 Å². The highest BCUT2D eigenvalue weighted by Crippen LogP contribution is 2.31. The predicted molar refractivity (Wildman–Crippen MR) is 101 cm³/mol. The second kappa shape index (κ2) is 8.01. The summed E-state index contributed by atoms with van der Waals surface area (Å²) in [5.41, 5.74) is 0. The summed E-state index contributed by atoms with van der Waals surface area (Å²) in [4.78, 5) is 2.47. The third-order valence-corrected chi connectivity index (χ3v) is 7.43. The first-order valence-electron chi connectivity index (χ1n) is 8.70. The Morgan fingerprint density at radius 3 is 2.20 bits per heavy atom. The second-order valence-corrected chi connectivity index (χ2v) is 9.61. The van der Waals surface area contributed by atoms with E-state index in [0.717, 1.165) is 44.5 Å². The molecule has 2 fully saturated rings. The summed E-state index contributed by atoms with van der Waals surface area (Å²) in [6.45, 7) is 1.94. The maximum atomic E-state index is 11.5. The number of nitrogens with zero attached hydrogens (tertiary/aromatic N) is 1. The molecule has 140 valence electrons. The number of primary sulfonamides is 1. The highest BCUT2D eigenvalue weighted by Gasteiger charge is 2.33. The first-order chi connectivity index (χ1) is 11.8. The zero-order chi connectivity index (χ0) is 18.0. The van der Waals surface area contributed by atoms with Gasteiger partial charge in [-0.3, -0.25) is 0 Å². The van der Waals surface area contributed by atoms with Crippen molar-refractivity contribution >= 4 is 33.2 Å².